The van der Waals surface area contributed by atoms with E-state index < -0.39 is 8.60 Å². The summed E-state index contributed by atoms with van der Waals surface area (Å²) in [7, 11) is -2.35. The van der Waals surface area contributed by atoms with Crippen molar-refractivity contribution in [2.24, 2.45) is 0 Å². The van der Waals surface area contributed by atoms with Gasteiger partial charge in [0.15, 0.2) is 0 Å². The second-order valence-electron chi connectivity index (χ2n) is 0.656. The van der Waals surface area contributed by atoms with Crippen LogP contribution in [0.15, 0.2) is 0 Å². The van der Waals surface area contributed by atoms with Crippen LogP contribution < -0.4 is 4.89 Å². The zero-order valence-corrected chi connectivity index (χ0v) is 4.31. The maximum absolute atomic E-state index is 9.53. The summed E-state index contributed by atoms with van der Waals surface area (Å²) in [6.07, 6.45) is 0. The van der Waals surface area contributed by atoms with Crippen LogP contribution >= 0.6 is 8.60 Å². The van der Waals surface area contributed by atoms with E-state index >= 15 is 0 Å². The van der Waals surface area contributed by atoms with Crippen molar-refractivity contribution in [2.45, 2.75) is 6.92 Å². The van der Waals surface area contributed by atoms with E-state index in [2.05, 4.69) is 4.52 Å². The highest BCUT2D eigenvalue weighted by Crippen LogP contribution is 2.16. The Kier molecular flexibility index (Phi) is 3.68. The summed E-state index contributed by atoms with van der Waals surface area (Å²) in [4.78, 5) is 17.4. The zero-order chi connectivity index (χ0) is 4.99. The molecule has 3 nitrogen and oxygen atoms in total. The standard InChI is InChI=1S/C2H6O3P/c1-2-5-6(3)4/h3H,2H2,1H3/q-1. The number of hydrogen-bond donors (Lipinski definition) is 1. The molecule has 0 heterocycles. The molecular formula is C2H6O3P-. The smallest absolute Gasteiger partial charge is 0.0791 e. The molecule has 0 amide bonds. The van der Waals surface area contributed by atoms with E-state index in [1.54, 1.807) is 6.92 Å². The maximum atomic E-state index is 9.53. The van der Waals surface area contributed by atoms with Crippen LogP contribution in [0.1, 0.15) is 6.92 Å². The largest absolute Gasteiger partial charge is 0.786 e. The van der Waals surface area contributed by atoms with Crippen molar-refractivity contribution in [1.82, 2.24) is 0 Å². The van der Waals surface area contributed by atoms with E-state index in [4.69, 9.17) is 4.89 Å². The predicted molar refractivity (Wildman–Crippen MR) is 20.8 cm³/mol. The monoisotopic (exact) mass is 109 g/mol. The second kappa shape index (κ2) is 3.50. The number of rotatable bonds is 2. The third-order valence-corrected chi connectivity index (χ3v) is 0.719. The van der Waals surface area contributed by atoms with Crippen LogP contribution in [0, 0.1) is 0 Å². The van der Waals surface area contributed by atoms with Crippen LogP contribution in [-0.4, -0.2) is 11.5 Å². The van der Waals surface area contributed by atoms with E-state index in [0.29, 0.717) is 6.61 Å². The van der Waals surface area contributed by atoms with Gasteiger partial charge in [-0.1, -0.05) is 0 Å². The molecule has 4 heteroatoms. The van der Waals surface area contributed by atoms with Crippen LogP contribution in [0.3, 0.4) is 0 Å². The predicted octanol–water partition coefficient (Wildman–Crippen LogP) is -0.398. The van der Waals surface area contributed by atoms with Crippen molar-refractivity contribution in [3.8, 4) is 0 Å². The first kappa shape index (κ1) is 6.31. The molecule has 0 rings (SSSR count). The molecule has 0 saturated heterocycles. The van der Waals surface area contributed by atoms with Gasteiger partial charge in [0.1, 0.15) is 0 Å². The molecule has 1 N–H and O–H groups in total. The van der Waals surface area contributed by atoms with Gasteiger partial charge in [0.2, 0.25) is 0 Å². The first-order valence-electron chi connectivity index (χ1n) is 1.56. The van der Waals surface area contributed by atoms with Gasteiger partial charge in [0.05, 0.1) is 8.60 Å². The summed E-state index contributed by atoms with van der Waals surface area (Å²) in [5.74, 6) is 0. The van der Waals surface area contributed by atoms with Crippen molar-refractivity contribution in [2.75, 3.05) is 6.61 Å². The molecule has 0 fully saturated rings. The summed E-state index contributed by atoms with van der Waals surface area (Å²) in [6, 6.07) is 0. The average Bonchev–Trinajstić information content (AvgIpc) is 1.35. The van der Waals surface area contributed by atoms with Crippen LogP contribution in [0.25, 0.3) is 0 Å². The topological polar surface area (TPSA) is 52.5 Å². The third kappa shape index (κ3) is 4.31. The van der Waals surface area contributed by atoms with Crippen LogP contribution in [-0.2, 0) is 4.52 Å². The molecule has 1 atom stereocenters. The first-order chi connectivity index (χ1) is 2.77. The Morgan fingerprint density at radius 1 is 2.00 bits per heavy atom. The Balaban J connectivity index is 2.63. The van der Waals surface area contributed by atoms with Crippen molar-refractivity contribution >= 4 is 8.60 Å². The molecule has 0 aromatic heterocycles. The molecule has 0 aliphatic rings. The molecule has 0 spiro atoms. The van der Waals surface area contributed by atoms with Gasteiger partial charge < -0.3 is 14.3 Å². The lowest BCUT2D eigenvalue weighted by Crippen LogP contribution is -1.95. The normalized spacial score (nSPS) is 14.5. The van der Waals surface area contributed by atoms with Crippen molar-refractivity contribution in [3.63, 3.8) is 0 Å². The minimum absolute atomic E-state index is 0.297. The lowest BCUT2D eigenvalue weighted by molar-refractivity contribution is -0.198. The number of hydrogen-bond acceptors (Lipinski definition) is 3. The minimum Gasteiger partial charge on any atom is -0.786 e. The second-order valence-corrected chi connectivity index (χ2v) is 1.39. The minimum atomic E-state index is -2.35. The summed E-state index contributed by atoms with van der Waals surface area (Å²) < 4.78 is 4.11. The van der Waals surface area contributed by atoms with Crippen molar-refractivity contribution < 1.29 is 14.3 Å². The third-order valence-electron chi connectivity index (χ3n) is 0.240. The molecule has 38 valence electrons. The van der Waals surface area contributed by atoms with Gasteiger partial charge in [0.25, 0.3) is 0 Å². The molecule has 0 bridgehead atoms. The fourth-order valence-electron chi connectivity index (χ4n) is 0.110. The molecule has 0 radical (unpaired) electrons. The summed E-state index contributed by atoms with van der Waals surface area (Å²) in [5.41, 5.74) is 0. The quantitative estimate of drug-likeness (QED) is 0.491. The molecule has 6 heavy (non-hydrogen) atoms. The van der Waals surface area contributed by atoms with E-state index in [9.17, 15) is 4.89 Å². The molecule has 1 unspecified atom stereocenters. The molecule has 0 aliphatic heterocycles. The molecule has 0 saturated carbocycles. The van der Waals surface area contributed by atoms with Crippen molar-refractivity contribution in [1.29, 1.82) is 0 Å². The average molecular weight is 109 g/mol. The maximum Gasteiger partial charge on any atom is 0.0791 e. The Hall–Kier alpha value is 0.310. The fraction of sp³-hybridized carbons (Fsp3) is 1.00. The fourth-order valence-corrected chi connectivity index (χ4v) is 0.331. The van der Waals surface area contributed by atoms with Gasteiger partial charge in [-0.25, -0.2) is 0 Å². The van der Waals surface area contributed by atoms with Gasteiger partial charge in [0, 0.05) is 6.61 Å². The summed E-state index contributed by atoms with van der Waals surface area (Å²) in [5, 5.41) is 0. The van der Waals surface area contributed by atoms with Gasteiger partial charge in [-0.2, -0.15) is 0 Å². The lowest BCUT2D eigenvalue weighted by Gasteiger charge is -2.11. The van der Waals surface area contributed by atoms with Gasteiger partial charge in [-0.05, 0) is 6.92 Å². The van der Waals surface area contributed by atoms with Gasteiger partial charge >= 0.3 is 0 Å². The van der Waals surface area contributed by atoms with Gasteiger partial charge in [-0.15, -0.1) is 0 Å². The van der Waals surface area contributed by atoms with E-state index in [-0.39, 0.29) is 0 Å². The van der Waals surface area contributed by atoms with Crippen LogP contribution in [0.2, 0.25) is 0 Å². The van der Waals surface area contributed by atoms with E-state index in [0.717, 1.165) is 0 Å². The van der Waals surface area contributed by atoms with Crippen molar-refractivity contribution in [3.05, 3.63) is 0 Å². The Bertz CT molecular complexity index is 30.0. The zero-order valence-electron chi connectivity index (χ0n) is 3.42. The Morgan fingerprint density at radius 3 is 2.50 bits per heavy atom. The molecule has 0 aromatic carbocycles. The van der Waals surface area contributed by atoms with Gasteiger partial charge in [-0.3, -0.25) is 0 Å². The highest BCUT2D eigenvalue weighted by Gasteiger charge is 1.76. The van der Waals surface area contributed by atoms with Crippen LogP contribution in [0.4, 0.5) is 0 Å². The van der Waals surface area contributed by atoms with E-state index in [1.165, 1.54) is 0 Å². The lowest BCUT2D eigenvalue weighted by atomic mass is 10.9. The molecule has 0 aromatic rings. The Morgan fingerprint density at radius 2 is 2.50 bits per heavy atom. The molecule has 0 aliphatic carbocycles. The molecular weight excluding hydrogens is 103 g/mol. The highest BCUT2D eigenvalue weighted by atomic mass is 31.2. The summed E-state index contributed by atoms with van der Waals surface area (Å²) in [6.45, 7) is 1.95. The Labute approximate surface area is 37.6 Å². The highest BCUT2D eigenvalue weighted by molar-refractivity contribution is 7.37. The SMILES string of the molecule is CCOP([O-])O. The first-order valence-corrected chi connectivity index (χ1v) is 2.69. The summed E-state index contributed by atoms with van der Waals surface area (Å²) >= 11 is 0. The van der Waals surface area contributed by atoms with E-state index in [1.807, 2.05) is 0 Å². The van der Waals surface area contributed by atoms with Crippen LogP contribution in [0.5, 0.6) is 0 Å².